The second-order valence-corrected chi connectivity index (χ2v) is 2.85. The van der Waals surface area contributed by atoms with Gasteiger partial charge in [-0.3, -0.25) is 15.1 Å². The van der Waals surface area contributed by atoms with Gasteiger partial charge in [-0.1, -0.05) is 0 Å². The Kier molecular flexibility index (Phi) is 3.25. The minimum absolute atomic E-state index is 0.0903. The molecule has 7 heteroatoms. The van der Waals surface area contributed by atoms with Gasteiger partial charge in [0.25, 0.3) is 12.1 Å². The molecular weight excluding hydrogens is 210 g/mol. The third-order valence-corrected chi connectivity index (χ3v) is 1.93. The molecule has 0 amide bonds. The zero-order valence-corrected chi connectivity index (χ0v) is 7.78. The number of hydrogen-bond donors (Lipinski definition) is 1. The first kappa shape index (κ1) is 11.4. The van der Waals surface area contributed by atoms with Crippen LogP contribution in [0, 0.1) is 17.0 Å². The monoisotopic (exact) mass is 218 g/mol. The van der Waals surface area contributed by atoms with E-state index in [1.807, 2.05) is 0 Å². The van der Waals surface area contributed by atoms with E-state index in [0.717, 1.165) is 6.20 Å². The fourth-order valence-electron chi connectivity index (χ4n) is 1.25. The Balaban J connectivity index is 3.51. The van der Waals surface area contributed by atoms with Gasteiger partial charge in [0.05, 0.1) is 11.5 Å². The molecule has 0 spiro atoms. The molecule has 0 radical (unpaired) electrons. The summed E-state index contributed by atoms with van der Waals surface area (Å²) < 4.78 is 25.1. The van der Waals surface area contributed by atoms with Crippen LogP contribution >= 0.6 is 0 Å². The van der Waals surface area contributed by atoms with Crippen molar-refractivity contribution in [1.29, 1.82) is 0 Å². The van der Waals surface area contributed by atoms with Crippen molar-refractivity contribution in [1.82, 2.24) is 4.98 Å². The van der Waals surface area contributed by atoms with E-state index >= 15 is 0 Å². The second kappa shape index (κ2) is 4.26. The lowest BCUT2D eigenvalue weighted by Crippen LogP contribution is -2.05. The SMILES string of the molecule is Cc1ncc(CO)c(C(F)F)c1[N+](=O)[O-]. The van der Waals surface area contributed by atoms with Crippen molar-refractivity contribution in [2.75, 3.05) is 0 Å². The molecule has 15 heavy (non-hydrogen) atoms. The van der Waals surface area contributed by atoms with E-state index in [4.69, 9.17) is 5.11 Å². The number of aliphatic hydroxyl groups excluding tert-OH is 1. The quantitative estimate of drug-likeness (QED) is 0.619. The van der Waals surface area contributed by atoms with Gasteiger partial charge in [0.2, 0.25) is 0 Å². The molecule has 0 atom stereocenters. The molecule has 0 aliphatic heterocycles. The third-order valence-electron chi connectivity index (χ3n) is 1.93. The van der Waals surface area contributed by atoms with Crippen molar-refractivity contribution < 1.29 is 18.8 Å². The molecule has 1 rings (SSSR count). The number of aryl methyl sites for hydroxylation is 1. The van der Waals surface area contributed by atoms with Gasteiger partial charge in [-0.15, -0.1) is 0 Å². The number of nitro groups is 1. The lowest BCUT2D eigenvalue weighted by atomic mass is 10.1. The third kappa shape index (κ3) is 2.07. The van der Waals surface area contributed by atoms with Crippen LogP contribution in [-0.4, -0.2) is 15.0 Å². The van der Waals surface area contributed by atoms with Crippen LogP contribution in [0.4, 0.5) is 14.5 Å². The zero-order valence-electron chi connectivity index (χ0n) is 7.78. The van der Waals surface area contributed by atoms with Gasteiger partial charge in [-0.2, -0.15) is 0 Å². The number of pyridine rings is 1. The van der Waals surface area contributed by atoms with Gasteiger partial charge in [-0.25, -0.2) is 8.78 Å². The van der Waals surface area contributed by atoms with E-state index in [0.29, 0.717) is 0 Å². The Morgan fingerprint density at radius 2 is 2.27 bits per heavy atom. The van der Waals surface area contributed by atoms with E-state index in [-0.39, 0.29) is 11.3 Å². The van der Waals surface area contributed by atoms with Gasteiger partial charge < -0.3 is 5.11 Å². The van der Waals surface area contributed by atoms with Crippen LogP contribution in [0.3, 0.4) is 0 Å². The fraction of sp³-hybridized carbons (Fsp3) is 0.375. The van der Waals surface area contributed by atoms with Crippen molar-refractivity contribution in [3.63, 3.8) is 0 Å². The van der Waals surface area contributed by atoms with Gasteiger partial charge in [0.15, 0.2) is 0 Å². The average Bonchev–Trinajstić information content (AvgIpc) is 2.16. The predicted octanol–water partition coefficient (Wildman–Crippen LogP) is 1.73. The van der Waals surface area contributed by atoms with Crippen LogP contribution in [0.25, 0.3) is 0 Å². The molecule has 0 saturated heterocycles. The molecule has 0 saturated carbocycles. The highest BCUT2D eigenvalue weighted by Gasteiger charge is 2.28. The Bertz CT molecular complexity index is 396. The smallest absolute Gasteiger partial charge is 0.299 e. The van der Waals surface area contributed by atoms with Crippen molar-refractivity contribution in [3.05, 3.63) is 33.1 Å². The van der Waals surface area contributed by atoms with Crippen LogP contribution in [0.1, 0.15) is 23.2 Å². The van der Waals surface area contributed by atoms with E-state index in [9.17, 15) is 18.9 Å². The molecule has 0 unspecified atom stereocenters. The molecule has 82 valence electrons. The molecule has 0 fully saturated rings. The van der Waals surface area contributed by atoms with Crippen molar-refractivity contribution in [3.8, 4) is 0 Å². The number of aliphatic hydroxyl groups is 1. The molecule has 1 aromatic rings. The van der Waals surface area contributed by atoms with Gasteiger partial charge >= 0.3 is 0 Å². The molecule has 1 aromatic heterocycles. The molecular formula is C8H8F2N2O3. The number of rotatable bonds is 3. The number of nitrogens with zero attached hydrogens (tertiary/aromatic N) is 2. The summed E-state index contributed by atoms with van der Waals surface area (Å²) in [5, 5.41) is 19.3. The predicted molar refractivity (Wildman–Crippen MR) is 46.5 cm³/mol. The first-order chi connectivity index (χ1) is 6.99. The van der Waals surface area contributed by atoms with Gasteiger partial charge in [-0.05, 0) is 6.92 Å². The second-order valence-electron chi connectivity index (χ2n) is 2.85. The van der Waals surface area contributed by atoms with Gasteiger partial charge in [0, 0.05) is 11.8 Å². The van der Waals surface area contributed by atoms with Crippen molar-refractivity contribution >= 4 is 5.69 Å². The van der Waals surface area contributed by atoms with Crippen molar-refractivity contribution in [2.24, 2.45) is 0 Å². The number of aromatic nitrogens is 1. The summed E-state index contributed by atoms with van der Waals surface area (Å²) in [6.07, 6.45) is -1.99. The maximum absolute atomic E-state index is 12.6. The molecule has 0 bridgehead atoms. The Morgan fingerprint density at radius 1 is 1.67 bits per heavy atom. The molecule has 0 aliphatic carbocycles. The highest BCUT2D eigenvalue weighted by Crippen LogP contribution is 2.33. The molecule has 5 nitrogen and oxygen atoms in total. The first-order valence-corrected chi connectivity index (χ1v) is 4.00. The Morgan fingerprint density at radius 3 is 2.67 bits per heavy atom. The van der Waals surface area contributed by atoms with Crippen LogP contribution < -0.4 is 0 Å². The Labute approximate surface area is 83.5 Å². The summed E-state index contributed by atoms with van der Waals surface area (Å²) in [5.41, 5.74) is -1.79. The van der Waals surface area contributed by atoms with Crippen LogP contribution in [-0.2, 0) is 6.61 Å². The lowest BCUT2D eigenvalue weighted by Gasteiger charge is -2.08. The zero-order chi connectivity index (χ0) is 11.6. The molecule has 0 aliphatic rings. The van der Waals surface area contributed by atoms with Gasteiger partial charge in [0.1, 0.15) is 11.3 Å². The minimum Gasteiger partial charge on any atom is -0.392 e. The number of halogens is 2. The maximum Gasteiger partial charge on any atom is 0.299 e. The van der Waals surface area contributed by atoms with E-state index in [1.165, 1.54) is 6.92 Å². The van der Waals surface area contributed by atoms with E-state index < -0.39 is 29.2 Å². The number of hydrogen-bond acceptors (Lipinski definition) is 4. The number of alkyl halides is 2. The highest BCUT2D eigenvalue weighted by molar-refractivity contribution is 5.48. The molecule has 1 N–H and O–H groups in total. The average molecular weight is 218 g/mol. The standard InChI is InChI=1S/C8H8F2N2O3/c1-4-7(12(14)15)6(8(9)10)5(3-13)2-11-4/h2,8,13H,3H2,1H3. The topological polar surface area (TPSA) is 76.3 Å². The van der Waals surface area contributed by atoms with Crippen LogP contribution in [0.15, 0.2) is 6.20 Å². The van der Waals surface area contributed by atoms with E-state index in [1.54, 1.807) is 0 Å². The Hall–Kier alpha value is -1.63. The van der Waals surface area contributed by atoms with Crippen molar-refractivity contribution in [2.45, 2.75) is 20.0 Å². The summed E-state index contributed by atoms with van der Waals surface area (Å²) in [7, 11) is 0. The molecule has 1 heterocycles. The lowest BCUT2D eigenvalue weighted by molar-refractivity contribution is -0.387. The maximum atomic E-state index is 12.6. The summed E-state index contributed by atoms with van der Waals surface area (Å²) >= 11 is 0. The summed E-state index contributed by atoms with van der Waals surface area (Å²) in [6.45, 7) is 0.568. The summed E-state index contributed by atoms with van der Waals surface area (Å²) in [4.78, 5) is 13.2. The van der Waals surface area contributed by atoms with E-state index in [2.05, 4.69) is 4.98 Å². The minimum atomic E-state index is -3.01. The summed E-state index contributed by atoms with van der Waals surface area (Å²) in [5.74, 6) is 0. The summed E-state index contributed by atoms with van der Waals surface area (Å²) in [6, 6.07) is 0. The normalized spacial score (nSPS) is 10.7. The van der Waals surface area contributed by atoms with Crippen LogP contribution in [0.2, 0.25) is 0 Å². The largest absolute Gasteiger partial charge is 0.392 e. The molecule has 0 aromatic carbocycles. The first-order valence-electron chi connectivity index (χ1n) is 4.00. The fourth-order valence-corrected chi connectivity index (χ4v) is 1.25. The highest BCUT2D eigenvalue weighted by atomic mass is 19.3. The van der Waals surface area contributed by atoms with Crippen LogP contribution in [0.5, 0.6) is 0 Å².